The van der Waals surface area contributed by atoms with E-state index in [1.807, 2.05) is 24.3 Å². The van der Waals surface area contributed by atoms with Crippen molar-refractivity contribution in [3.63, 3.8) is 0 Å². The van der Waals surface area contributed by atoms with Crippen molar-refractivity contribution < 1.29 is 47.6 Å². The van der Waals surface area contributed by atoms with Crippen LogP contribution in [-0.2, 0) is 33.8 Å². The third kappa shape index (κ3) is 11.3. The minimum Gasteiger partial charge on any atom is -0.496 e. The zero-order chi connectivity index (χ0) is 47.8. The Bertz CT molecular complexity index is 2930. The molecule has 0 aliphatic rings. The van der Waals surface area contributed by atoms with Crippen molar-refractivity contribution in [3.05, 3.63) is 136 Å². The van der Waals surface area contributed by atoms with Gasteiger partial charge in [0.2, 0.25) is 12.0 Å². The predicted octanol–water partition coefficient (Wildman–Crippen LogP) is 10.4. The van der Waals surface area contributed by atoms with Gasteiger partial charge in [0.1, 0.15) is 40.7 Å². The van der Waals surface area contributed by atoms with Crippen LogP contribution in [0.1, 0.15) is 53.5 Å². The Hall–Kier alpha value is -7.01. The Kier molecular flexibility index (Phi) is 15.1. The number of ether oxygens (including phenoxy) is 5. The minimum atomic E-state index is -1.55. The number of carboxylic acids is 1. The molecular formula is C50H47ClFN5O9S. The summed E-state index contributed by atoms with van der Waals surface area (Å²) < 4.78 is 43.6. The Labute approximate surface area is 395 Å². The fourth-order valence-corrected chi connectivity index (χ4v) is 8.60. The lowest BCUT2D eigenvalue weighted by Gasteiger charge is -2.27. The first-order valence-corrected chi connectivity index (χ1v) is 22.2. The minimum absolute atomic E-state index is 0.0186. The summed E-state index contributed by atoms with van der Waals surface area (Å²) in [5, 5.41) is 11.5. The molecule has 1 N–H and O–H groups in total. The van der Waals surface area contributed by atoms with Crippen LogP contribution in [0.2, 0.25) is 5.02 Å². The van der Waals surface area contributed by atoms with Crippen molar-refractivity contribution >= 4 is 51.5 Å². The van der Waals surface area contributed by atoms with E-state index in [2.05, 4.69) is 15.0 Å². The summed E-state index contributed by atoms with van der Waals surface area (Å²) >= 11 is 7.99. The van der Waals surface area contributed by atoms with Gasteiger partial charge in [0.15, 0.2) is 12.1 Å². The highest BCUT2D eigenvalue weighted by Crippen LogP contribution is 2.49. The second-order valence-corrected chi connectivity index (χ2v) is 17.7. The van der Waals surface area contributed by atoms with E-state index in [0.717, 1.165) is 0 Å². The molecule has 3 heterocycles. The maximum atomic E-state index is 14.2. The molecule has 1 unspecified atom stereocenters. The summed E-state index contributed by atoms with van der Waals surface area (Å²) in [6, 6.07) is 23.6. The third-order valence-electron chi connectivity index (χ3n) is 10.5. The number of aldehydes is 1. The fourth-order valence-electron chi connectivity index (χ4n) is 7.24. The summed E-state index contributed by atoms with van der Waals surface area (Å²) in [7, 11) is 3.10. The van der Waals surface area contributed by atoms with E-state index < -0.39 is 29.6 Å². The topological polar surface area (TPSA) is 172 Å². The molecule has 0 fully saturated rings. The van der Waals surface area contributed by atoms with E-state index in [0.29, 0.717) is 83.3 Å². The van der Waals surface area contributed by atoms with Crippen LogP contribution in [0.15, 0.2) is 97.5 Å². The first-order chi connectivity index (χ1) is 32.2. The number of amides is 1. The summed E-state index contributed by atoms with van der Waals surface area (Å²) in [6.07, 6.45) is 1.23. The van der Waals surface area contributed by atoms with Gasteiger partial charge in [-0.25, -0.2) is 33.9 Å². The molecular weight excluding hydrogens is 901 g/mol. The number of carbonyl (C=O) groups excluding carboxylic acids is 2. The monoisotopic (exact) mass is 947 g/mol. The first-order valence-electron chi connectivity index (χ1n) is 21.0. The molecule has 0 saturated carbocycles. The van der Waals surface area contributed by atoms with Gasteiger partial charge in [0.05, 0.1) is 35.4 Å². The summed E-state index contributed by atoms with van der Waals surface area (Å²) in [4.78, 5) is 59.4. The van der Waals surface area contributed by atoms with Gasteiger partial charge in [0, 0.05) is 48.8 Å². The second kappa shape index (κ2) is 21.1. The van der Waals surface area contributed by atoms with Crippen LogP contribution in [0.3, 0.4) is 0 Å². The molecule has 1 amide bonds. The standard InChI is InChI=1S/C50H47ClFN5O9S/c1-29-36(17-14-32(26-58)43(29)51)41-42-46(54-28-55-47(42)67-44(41)31-12-15-34(52)16-13-31)65-40(48(59)60)24-33-23-30(25-57(21-22-62-5)49(61)66-50(2,3)4)11-18-38(33)64-27-35-19-20-53-45(56-35)37-9-7-8-10-39(37)63-6/h7-20,23,26,28,40H,21-22,24-25,27H2,1-6H3,(H,59,60). The lowest BCUT2D eigenvalue weighted by Crippen LogP contribution is -2.38. The number of rotatable bonds is 18. The summed E-state index contributed by atoms with van der Waals surface area (Å²) in [5.41, 5.74) is 4.23. The normalized spacial score (nSPS) is 11.8. The Morgan fingerprint density at radius 1 is 0.955 bits per heavy atom. The van der Waals surface area contributed by atoms with Crippen LogP contribution >= 0.6 is 22.9 Å². The maximum absolute atomic E-state index is 14.2. The van der Waals surface area contributed by atoms with Gasteiger partial charge in [-0.1, -0.05) is 54.1 Å². The van der Waals surface area contributed by atoms with Crippen molar-refractivity contribution in [3.8, 4) is 50.3 Å². The van der Waals surface area contributed by atoms with Crippen molar-refractivity contribution in [1.82, 2.24) is 24.8 Å². The molecule has 0 spiro atoms. The SMILES string of the molecule is COCCN(Cc1ccc(OCc2ccnc(-c3ccccc3OC)n2)c(CC(Oc2ncnc3sc(-c4ccc(F)cc4)c(-c4ccc(C=O)c(Cl)c4C)c23)C(=O)O)c1)C(=O)OC(C)(C)C. The van der Waals surface area contributed by atoms with E-state index >= 15 is 0 Å². The van der Waals surface area contributed by atoms with E-state index in [1.165, 1.54) is 41.8 Å². The van der Waals surface area contributed by atoms with Gasteiger partial charge in [0.25, 0.3) is 0 Å². The largest absolute Gasteiger partial charge is 0.496 e. The summed E-state index contributed by atoms with van der Waals surface area (Å²) in [5.74, 6) is -0.410. The van der Waals surface area contributed by atoms with E-state index in [4.69, 9.17) is 40.3 Å². The van der Waals surface area contributed by atoms with Gasteiger partial charge in [-0.3, -0.25) is 4.79 Å². The van der Waals surface area contributed by atoms with Crippen molar-refractivity contribution in [1.29, 1.82) is 0 Å². The Morgan fingerprint density at radius 2 is 1.73 bits per heavy atom. The van der Waals surface area contributed by atoms with E-state index in [9.17, 15) is 23.9 Å². The number of halogens is 2. The molecule has 1 atom stereocenters. The molecule has 3 aromatic heterocycles. The maximum Gasteiger partial charge on any atom is 0.410 e. The zero-order valence-corrected chi connectivity index (χ0v) is 39.1. The molecule has 7 rings (SSSR count). The lowest BCUT2D eigenvalue weighted by molar-refractivity contribution is -0.145. The molecule has 17 heteroatoms. The number of nitrogens with zero attached hydrogens (tertiary/aromatic N) is 5. The number of hydrogen-bond acceptors (Lipinski definition) is 13. The number of carbonyl (C=O) groups is 3. The first kappa shape index (κ1) is 47.9. The lowest BCUT2D eigenvalue weighted by atomic mass is 9.95. The second-order valence-electron chi connectivity index (χ2n) is 16.3. The van der Waals surface area contributed by atoms with Gasteiger partial charge >= 0.3 is 12.1 Å². The Morgan fingerprint density at radius 3 is 2.45 bits per heavy atom. The fraction of sp³-hybridized carbons (Fsp3) is 0.260. The van der Waals surface area contributed by atoms with Crippen molar-refractivity contribution in [2.24, 2.45) is 0 Å². The molecule has 0 saturated heterocycles. The van der Waals surface area contributed by atoms with Gasteiger partial charge in [-0.05, 0) is 98.0 Å². The molecule has 0 aliphatic carbocycles. The van der Waals surface area contributed by atoms with Crippen LogP contribution in [0, 0.1) is 12.7 Å². The van der Waals surface area contributed by atoms with Gasteiger partial charge in [-0.15, -0.1) is 11.3 Å². The quantitative estimate of drug-likeness (QED) is 0.0806. The van der Waals surface area contributed by atoms with Crippen LogP contribution in [0.4, 0.5) is 9.18 Å². The highest BCUT2D eigenvalue weighted by atomic mass is 35.5. The number of benzene rings is 4. The van der Waals surface area contributed by atoms with Gasteiger partial charge in [-0.2, -0.15) is 0 Å². The van der Waals surface area contributed by atoms with E-state index in [-0.39, 0.29) is 49.2 Å². The van der Waals surface area contributed by atoms with E-state index in [1.54, 1.807) is 89.5 Å². The van der Waals surface area contributed by atoms with Crippen LogP contribution < -0.4 is 14.2 Å². The van der Waals surface area contributed by atoms with Crippen molar-refractivity contribution in [2.45, 2.75) is 59.0 Å². The molecule has 7 aromatic rings. The number of aromatic nitrogens is 4. The van der Waals surface area contributed by atoms with Gasteiger partial charge < -0.3 is 33.7 Å². The highest BCUT2D eigenvalue weighted by Gasteiger charge is 2.29. The highest BCUT2D eigenvalue weighted by molar-refractivity contribution is 7.22. The predicted molar refractivity (Wildman–Crippen MR) is 252 cm³/mol. The smallest absolute Gasteiger partial charge is 0.410 e. The number of para-hydroxylation sites is 1. The number of methoxy groups -OCH3 is 2. The molecule has 0 radical (unpaired) electrons. The molecule has 346 valence electrons. The average Bonchev–Trinajstić information content (AvgIpc) is 3.70. The third-order valence-corrected chi connectivity index (χ3v) is 12.1. The molecule has 4 aromatic carbocycles. The molecule has 0 aliphatic heterocycles. The Balaban J connectivity index is 1.29. The number of hydrogen-bond donors (Lipinski definition) is 1. The zero-order valence-electron chi connectivity index (χ0n) is 37.5. The van der Waals surface area contributed by atoms with Crippen LogP contribution in [0.5, 0.6) is 17.4 Å². The number of thiophene rings is 1. The number of aliphatic carboxylic acids is 1. The number of fused-ring (bicyclic) bond motifs is 1. The van der Waals surface area contributed by atoms with Crippen LogP contribution in [-0.4, -0.2) is 87.4 Å². The summed E-state index contributed by atoms with van der Waals surface area (Å²) in [6.45, 7) is 7.64. The molecule has 14 nitrogen and oxygen atoms in total. The average molecular weight is 948 g/mol. The van der Waals surface area contributed by atoms with Crippen LogP contribution in [0.25, 0.3) is 43.2 Å². The molecule has 67 heavy (non-hydrogen) atoms. The molecule has 0 bridgehead atoms. The van der Waals surface area contributed by atoms with Crippen molar-refractivity contribution in [2.75, 3.05) is 27.4 Å². The number of carboxylic acid groups (broad SMARTS) is 1.